The Labute approximate surface area is 76.7 Å². The Morgan fingerprint density at radius 3 is 1.62 bits per heavy atom. The number of rotatable bonds is 2. The molecule has 13 heavy (non-hydrogen) atoms. The van der Waals surface area contributed by atoms with Crippen LogP contribution in [0.5, 0.6) is 5.75 Å². The van der Waals surface area contributed by atoms with E-state index in [2.05, 4.69) is 0 Å². The highest BCUT2D eigenvalue weighted by Gasteiger charge is 1.93. The summed E-state index contributed by atoms with van der Waals surface area (Å²) in [5.74, 6) is 0.322. The minimum absolute atomic E-state index is 0.322. The molecule has 4 heteroatoms. The largest absolute Gasteiger partial charge is 0.508 e. The first-order valence-corrected chi connectivity index (χ1v) is 3.84. The predicted molar refractivity (Wildman–Crippen MR) is 48.3 cm³/mol. The molecule has 0 aliphatic rings. The van der Waals surface area contributed by atoms with E-state index in [1.165, 1.54) is 0 Å². The number of aromatic hydroxyl groups is 1. The van der Waals surface area contributed by atoms with E-state index in [0.717, 1.165) is 0 Å². The van der Waals surface area contributed by atoms with E-state index < -0.39 is 6.10 Å². The molecule has 0 spiro atoms. The molecule has 4 nitrogen and oxygen atoms in total. The number of phenols is 1. The smallest absolute Gasteiger partial charge is 0.115 e. The summed E-state index contributed by atoms with van der Waals surface area (Å²) in [6.45, 7) is -0.729. The quantitative estimate of drug-likeness (QED) is 0.512. The summed E-state index contributed by atoms with van der Waals surface area (Å²) in [5.41, 5.74) is 0. The first-order valence-electron chi connectivity index (χ1n) is 3.84. The number of aliphatic hydroxyl groups is 3. The maximum atomic E-state index is 8.63. The van der Waals surface area contributed by atoms with Crippen molar-refractivity contribution in [2.75, 3.05) is 13.2 Å². The fourth-order valence-electron chi connectivity index (χ4n) is 0.486. The molecule has 0 aromatic heterocycles. The summed E-state index contributed by atoms with van der Waals surface area (Å²) in [6, 6.07) is 8.71. The van der Waals surface area contributed by atoms with Gasteiger partial charge in [-0.05, 0) is 12.1 Å². The molecule has 74 valence electrons. The van der Waals surface area contributed by atoms with Crippen LogP contribution in [0.3, 0.4) is 0 Å². The molecule has 0 fully saturated rings. The van der Waals surface area contributed by atoms with Gasteiger partial charge in [-0.3, -0.25) is 0 Å². The summed E-state index contributed by atoms with van der Waals surface area (Å²) in [6.07, 6.45) is -0.954. The minimum Gasteiger partial charge on any atom is -0.508 e. The predicted octanol–water partition coefficient (Wildman–Crippen LogP) is -0.276. The van der Waals surface area contributed by atoms with Crippen LogP contribution < -0.4 is 0 Å². The molecule has 0 radical (unpaired) electrons. The Kier molecular flexibility index (Phi) is 6.91. The number of aliphatic hydroxyl groups excluding tert-OH is 3. The maximum Gasteiger partial charge on any atom is 0.115 e. The SMILES string of the molecule is OCC(O)CO.Oc1ccccc1. The van der Waals surface area contributed by atoms with Crippen molar-refractivity contribution in [3.8, 4) is 5.75 Å². The Bertz CT molecular complexity index is 196. The van der Waals surface area contributed by atoms with Gasteiger partial charge in [0.05, 0.1) is 13.2 Å². The van der Waals surface area contributed by atoms with Crippen LogP contribution >= 0.6 is 0 Å². The molecule has 1 aromatic rings. The molecule has 0 heterocycles. The average Bonchev–Trinajstić information content (AvgIpc) is 2.19. The Balaban J connectivity index is 0.000000226. The standard InChI is InChI=1S/C6H6O.C3H8O3/c7-6-4-2-1-3-5-6;4-1-3(6)2-5/h1-5,7H;3-6H,1-2H2. The van der Waals surface area contributed by atoms with E-state index >= 15 is 0 Å². The topological polar surface area (TPSA) is 80.9 Å². The van der Waals surface area contributed by atoms with Crippen molar-refractivity contribution < 1.29 is 20.4 Å². The molecule has 0 saturated heterocycles. The van der Waals surface area contributed by atoms with Crippen molar-refractivity contribution in [2.45, 2.75) is 6.10 Å². The Morgan fingerprint density at radius 1 is 1.00 bits per heavy atom. The molecule has 0 atom stereocenters. The van der Waals surface area contributed by atoms with E-state index in [1.807, 2.05) is 6.07 Å². The Hall–Kier alpha value is -1.10. The van der Waals surface area contributed by atoms with Crippen LogP contribution in [0.15, 0.2) is 30.3 Å². The molecular weight excluding hydrogens is 172 g/mol. The van der Waals surface area contributed by atoms with Gasteiger partial charge < -0.3 is 20.4 Å². The van der Waals surface area contributed by atoms with Crippen LogP contribution in [0, 0.1) is 0 Å². The number of benzene rings is 1. The average molecular weight is 186 g/mol. The lowest BCUT2D eigenvalue weighted by Crippen LogP contribution is -2.15. The number of para-hydroxylation sites is 1. The zero-order chi connectivity index (χ0) is 10.1. The van der Waals surface area contributed by atoms with Gasteiger partial charge in [0.15, 0.2) is 0 Å². The van der Waals surface area contributed by atoms with Crippen molar-refractivity contribution in [3.05, 3.63) is 30.3 Å². The summed E-state index contributed by atoms with van der Waals surface area (Å²) in [5, 5.41) is 32.6. The molecule has 0 saturated carbocycles. The second-order valence-electron chi connectivity index (χ2n) is 2.35. The normalized spacial score (nSPS) is 9.23. The van der Waals surface area contributed by atoms with Crippen molar-refractivity contribution in [2.24, 2.45) is 0 Å². The third kappa shape index (κ3) is 7.27. The second kappa shape index (κ2) is 7.54. The van der Waals surface area contributed by atoms with Gasteiger partial charge in [-0.25, -0.2) is 0 Å². The van der Waals surface area contributed by atoms with Crippen molar-refractivity contribution in [1.82, 2.24) is 0 Å². The molecule has 0 unspecified atom stereocenters. The highest BCUT2D eigenvalue weighted by atomic mass is 16.3. The third-order valence-electron chi connectivity index (χ3n) is 1.18. The number of phenolic OH excluding ortho intramolecular Hbond substituents is 1. The van der Waals surface area contributed by atoms with Gasteiger partial charge in [0, 0.05) is 0 Å². The van der Waals surface area contributed by atoms with Gasteiger partial charge in [0.1, 0.15) is 11.9 Å². The van der Waals surface area contributed by atoms with Crippen LogP contribution in [-0.4, -0.2) is 39.7 Å². The summed E-state index contributed by atoms with van der Waals surface area (Å²) < 4.78 is 0. The first kappa shape index (κ1) is 11.9. The van der Waals surface area contributed by atoms with Crippen LogP contribution in [0.25, 0.3) is 0 Å². The third-order valence-corrected chi connectivity index (χ3v) is 1.18. The van der Waals surface area contributed by atoms with E-state index in [0.29, 0.717) is 5.75 Å². The van der Waals surface area contributed by atoms with Crippen LogP contribution in [0.2, 0.25) is 0 Å². The van der Waals surface area contributed by atoms with E-state index in [-0.39, 0.29) is 13.2 Å². The summed E-state index contributed by atoms with van der Waals surface area (Å²) >= 11 is 0. The summed E-state index contributed by atoms with van der Waals surface area (Å²) in [7, 11) is 0. The second-order valence-corrected chi connectivity index (χ2v) is 2.35. The van der Waals surface area contributed by atoms with Crippen LogP contribution in [0.4, 0.5) is 0 Å². The van der Waals surface area contributed by atoms with Gasteiger partial charge in [0.25, 0.3) is 0 Å². The zero-order valence-corrected chi connectivity index (χ0v) is 7.17. The Morgan fingerprint density at radius 2 is 1.46 bits per heavy atom. The van der Waals surface area contributed by atoms with E-state index in [4.69, 9.17) is 20.4 Å². The van der Waals surface area contributed by atoms with Crippen molar-refractivity contribution >= 4 is 0 Å². The fraction of sp³-hybridized carbons (Fsp3) is 0.333. The number of hydrogen-bond donors (Lipinski definition) is 4. The zero-order valence-electron chi connectivity index (χ0n) is 7.17. The number of hydrogen-bond acceptors (Lipinski definition) is 4. The maximum absolute atomic E-state index is 8.63. The fourth-order valence-corrected chi connectivity index (χ4v) is 0.486. The summed E-state index contributed by atoms with van der Waals surface area (Å²) in [4.78, 5) is 0. The molecule has 1 aromatic carbocycles. The lowest BCUT2D eigenvalue weighted by atomic mass is 10.3. The molecule has 0 aliphatic carbocycles. The minimum atomic E-state index is -0.954. The van der Waals surface area contributed by atoms with E-state index in [1.54, 1.807) is 24.3 Å². The monoisotopic (exact) mass is 186 g/mol. The first-order chi connectivity index (χ1) is 6.20. The lowest BCUT2D eigenvalue weighted by molar-refractivity contribution is 0.0450. The van der Waals surface area contributed by atoms with Crippen molar-refractivity contribution in [3.63, 3.8) is 0 Å². The lowest BCUT2D eigenvalue weighted by Gasteiger charge is -1.96. The van der Waals surface area contributed by atoms with Gasteiger partial charge in [-0.15, -0.1) is 0 Å². The highest BCUT2D eigenvalue weighted by molar-refractivity contribution is 5.18. The van der Waals surface area contributed by atoms with Crippen molar-refractivity contribution in [1.29, 1.82) is 0 Å². The van der Waals surface area contributed by atoms with Gasteiger partial charge in [-0.1, -0.05) is 18.2 Å². The molecule has 1 rings (SSSR count). The van der Waals surface area contributed by atoms with Crippen LogP contribution in [0.1, 0.15) is 0 Å². The van der Waals surface area contributed by atoms with Gasteiger partial charge >= 0.3 is 0 Å². The van der Waals surface area contributed by atoms with Gasteiger partial charge in [-0.2, -0.15) is 0 Å². The molecular formula is C9H14O4. The molecule has 4 N–H and O–H groups in total. The highest BCUT2D eigenvalue weighted by Crippen LogP contribution is 2.02. The molecule has 0 aliphatic heterocycles. The molecule has 0 amide bonds. The molecule has 0 bridgehead atoms. The van der Waals surface area contributed by atoms with Crippen LogP contribution in [-0.2, 0) is 0 Å². The van der Waals surface area contributed by atoms with E-state index in [9.17, 15) is 0 Å². The van der Waals surface area contributed by atoms with Gasteiger partial charge in [0.2, 0.25) is 0 Å².